The number of rotatable bonds is 44. The number of aliphatic hydroxyl groups is 1. The monoisotopic (exact) mass is 906 g/mol. The van der Waals surface area contributed by atoms with Crippen molar-refractivity contribution in [3.8, 4) is 0 Å². The molecular weight excluding hydrogens is 803 g/mol. The van der Waals surface area contributed by atoms with E-state index in [-0.39, 0.29) is 60.1 Å². The maximum Gasteiger partial charge on any atom is 0.328 e. The van der Waals surface area contributed by atoms with E-state index in [0.29, 0.717) is 25.7 Å². The summed E-state index contributed by atoms with van der Waals surface area (Å²) in [5.41, 5.74) is 0. The number of amides is 1. The van der Waals surface area contributed by atoms with Gasteiger partial charge in [-0.2, -0.15) is 0 Å². The Balaban J connectivity index is 0.000000672. The molecule has 0 spiro atoms. The van der Waals surface area contributed by atoms with Crippen LogP contribution in [0.15, 0.2) is 0 Å². The van der Waals surface area contributed by atoms with Crippen molar-refractivity contribution in [1.82, 2.24) is 5.32 Å². The van der Waals surface area contributed by atoms with Gasteiger partial charge in [-0.1, -0.05) is 228 Å². The second-order valence-corrected chi connectivity index (χ2v) is 20.2. The number of esters is 3. The Morgan fingerprint density at radius 2 is 0.922 bits per heavy atom. The summed E-state index contributed by atoms with van der Waals surface area (Å²) in [7, 11) is 0. The average Bonchev–Trinajstić information content (AvgIpc) is 3.26. The normalized spacial score (nSPS) is 19.4. The molecule has 376 valence electrons. The van der Waals surface area contributed by atoms with Gasteiger partial charge in [0, 0.05) is 12.8 Å². The summed E-state index contributed by atoms with van der Waals surface area (Å²) in [6, 6.07) is -0.633. The zero-order valence-electron chi connectivity index (χ0n) is 42.7. The smallest absolute Gasteiger partial charge is 0.328 e. The lowest BCUT2D eigenvalue weighted by atomic mass is 9.86. The first-order chi connectivity index (χ1) is 31.1. The summed E-state index contributed by atoms with van der Waals surface area (Å²) in [5, 5.41) is 12.9. The highest BCUT2D eigenvalue weighted by molar-refractivity contribution is 5.79. The van der Waals surface area contributed by atoms with Gasteiger partial charge in [-0.25, -0.2) is 4.79 Å². The maximum absolute atomic E-state index is 12.9. The van der Waals surface area contributed by atoms with Gasteiger partial charge in [-0.3, -0.25) is 14.4 Å². The quantitative estimate of drug-likeness (QED) is 0.0268. The van der Waals surface area contributed by atoms with E-state index >= 15 is 0 Å². The first-order valence-corrected chi connectivity index (χ1v) is 27.6. The second kappa shape index (κ2) is 41.1. The zero-order valence-corrected chi connectivity index (χ0v) is 42.7. The summed E-state index contributed by atoms with van der Waals surface area (Å²) < 4.78 is 16.7. The van der Waals surface area contributed by atoms with Crippen LogP contribution in [-0.4, -0.2) is 59.9 Å². The Kier molecular flexibility index (Phi) is 38.4. The molecule has 0 aromatic heterocycles. The van der Waals surface area contributed by atoms with Crippen molar-refractivity contribution in [3.63, 3.8) is 0 Å². The Morgan fingerprint density at radius 1 is 0.562 bits per heavy atom. The van der Waals surface area contributed by atoms with E-state index < -0.39 is 6.04 Å². The van der Waals surface area contributed by atoms with Crippen LogP contribution in [0, 0.1) is 17.8 Å². The summed E-state index contributed by atoms with van der Waals surface area (Å²) in [6.45, 7) is 12.9. The lowest BCUT2D eigenvalue weighted by Crippen LogP contribution is -2.48. The van der Waals surface area contributed by atoms with Crippen LogP contribution in [0.2, 0.25) is 0 Å². The highest BCUT2D eigenvalue weighted by Crippen LogP contribution is 2.34. The van der Waals surface area contributed by atoms with Gasteiger partial charge in [-0.05, 0) is 44.4 Å². The molecular formula is C55H103NO8. The van der Waals surface area contributed by atoms with E-state index in [2.05, 4.69) is 33.0 Å². The summed E-state index contributed by atoms with van der Waals surface area (Å²) in [6.07, 6.45) is 42.8. The molecule has 7 atom stereocenters. The van der Waals surface area contributed by atoms with Crippen molar-refractivity contribution >= 4 is 24.3 Å². The number of nitrogens with one attached hydrogen (secondary N) is 1. The molecule has 2 rings (SSSR count). The molecule has 0 unspecified atom stereocenters. The van der Waals surface area contributed by atoms with E-state index in [9.17, 15) is 24.3 Å². The predicted octanol–water partition coefficient (Wildman–Crippen LogP) is 14.6. The Morgan fingerprint density at radius 3 is 1.30 bits per heavy atom. The molecule has 0 aliphatic carbocycles. The second-order valence-electron chi connectivity index (χ2n) is 20.2. The largest absolute Gasteiger partial charge is 0.461 e. The maximum atomic E-state index is 12.9. The highest BCUT2D eigenvalue weighted by Gasteiger charge is 2.44. The molecule has 0 aromatic rings. The Bertz CT molecular complexity index is 1130. The fourth-order valence-electron chi connectivity index (χ4n) is 9.39. The van der Waals surface area contributed by atoms with Gasteiger partial charge in [0.05, 0.1) is 17.9 Å². The molecule has 0 radical (unpaired) electrons. The minimum absolute atomic E-state index is 0.0261. The number of hydrogen-bond donors (Lipinski definition) is 2. The number of ether oxygens (including phenoxy) is 3. The number of unbranched alkanes of at least 4 members (excludes halogenated alkanes) is 26. The molecule has 0 bridgehead atoms. The standard InChI is InChI=1S/C31H57NO5.C24H46O3/c1-5-7-9-11-12-13-14-15-16-17-18-20-26(36-31(35)28(32-24-33)22-25(3)4)23-29-27(30(34)37-29)21-19-10-8-6-2;1-3-5-7-9-10-11-12-13-14-15-16-18-21(25)20-23-22(24(26)27-23)19-17-8-6-4-2/h24-29H,5-23H2,1-4H3,(H,32,33);21-23,25H,3-20H2,1-2H3/t26-,27-,28-,29-;21-,22+,23+/m01/s1. The fraction of sp³-hybridized carbons (Fsp3) is 0.927. The van der Waals surface area contributed by atoms with Gasteiger partial charge in [-0.15, -0.1) is 0 Å². The molecule has 0 saturated carbocycles. The highest BCUT2D eigenvalue weighted by atomic mass is 16.6. The molecule has 2 heterocycles. The third-order valence-corrected chi connectivity index (χ3v) is 13.6. The molecule has 9 nitrogen and oxygen atoms in total. The molecule has 2 aliphatic heterocycles. The van der Waals surface area contributed by atoms with Crippen molar-refractivity contribution in [3.05, 3.63) is 0 Å². The van der Waals surface area contributed by atoms with E-state index in [4.69, 9.17) is 14.2 Å². The van der Waals surface area contributed by atoms with Gasteiger partial charge < -0.3 is 24.6 Å². The SMILES string of the molecule is CCCCCCCCCCCCC[C@@H](C[C@@H]1OC(=O)[C@H]1CCCCCC)OC(=O)[C@H](CC(C)C)NC=O.CCCCCCCCCCCCC[C@@H](O)C[C@@H]1OC(=O)[C@H]1CCCCCC. The average molecular weight is 906 g/mol. The number of carbonyl (C=O) groups is 4. The van der Waals surface area contributed by atoms with Crippen LogP contribution in [-0.2, 0) is 33.4 Å². The number of aliphatic hydroxyl groups excluding tert-OH is 1. The lowest BCUT2D eigenvalue weighted by molar-refractivity contribution is -0.191. The Labute approximate surface area is 394 Å². The Hall–Kier alpha value is -2.16. The van der Waals surface area contributed by atoms with Crippen LogP contribution in [0.25, 0.3) is 0 Å². The van der Waals surface area contributed by atoms with E-state index in [1.54, 1.807) is 0 Å². The minimum Gasteiger partial charge on any atom is -0.461 e. The van der Waals surface area contributed by atoms with E-state index in [1.165, 1.54) is 154 Å². The van der Waals surface area contributed by atoms with Crippen molar-refractivity contribution in [2.45, 2.75) is 310 Å². The van der Waals surface area contributed by atoms with Crippen LogP contribution >= 0.6 is 0 Å². The van der Waals surface area contributed by atoms with Gasteiger partial charge >= 0.3 is 17.9 Å². The molecule has 9 heteroatoms. The summed E-state index contributed by atoms with van der Waals surface area (Å²) in [4.78, 5) is 47.7. The molecule has 64 heavy (non-hydrogen) atoms. The molecule has 2 N–H and O–H groups in total. The summed E-state index contributed by atoms with van der Waals surface area (Å²) in [5.74, 6) is -0.294. The van der Waals surface area contributed by atoms with Crippen molar-refractivity contribution in [1.29, 1.82) is 0 Å². The van der Waals surface area contributed by atoms with Crippen molar-refractivity contribution < 1.29 is 38.5 Å². The minimum atomic E-state index is -0.633. The van der Waals surface area contributed by atoms with Gasteiger partial charge in [0.1, 0.15) is 24.4 Å². The van der Waals surface area contributed by atoms with Crippen LogP contribution in [0.3, 0.4) is 0 Å². The third-order valence-electron chi connectivity index (χ3n) is 13.6. The van der Waals surface area contributed by atoms with Crippen LogP contribution in [0.5, 0.6) is 0 Å². The zero-order chi connectivity index (χ0) is 47.0. The summed E-state index contributed by atoms with van der Waals surface area (Å²) >= 11 is 0. The molecule has 1 amide bonds. The van der Waals surface area contributed by atoms with Crippen LogP contribution in [0.4, 0.5) is 0 Å². The van der Waals surface area contributed by atoms with E-state index in [0.717, 1.165) is 64.2 Å². The lowest BCUT2D eigenvalue weighted by Gasteiger charge is -2.37. The van der Waals surface area contributed by atoms with Crippen LogP contribution < -0.4 is 5.32 Å². The van der Waals surface area contributed by atoms with Gasteiger partial charge in [0.25, 0.3) is 0 Å². The molecule has 0 aromatic carbocycles. The fourth-order valence-corrected chi connectivity index (χ4v) is 9.39. The van der Waals surface area contributed by atoms with Gasteiger partial charge in [0.2, 0.25) is 6.41 Å². The first-order valence-electron chi connectivity index (χ1n) is 27.6. The first kappa shape index (κ1) is 59.9. The number of hydrogen-bond acceptors (Lipinski definition) is 8. The van der Waals surface area contributed by atoms with Crippen LogP contribution in [0.1, 0.15) is 279 Å². The van der Waals surface area contributed by atoms with Gasteiger partial charge in [0.15, 0.2) is 0 Å². The van der Waals surface area contributed by atoms with E-state index in [1.807, 2.05) is 13.8 Å². The number of cyclic esters (lactones) is 2. The topological polar surface area (TPSA) is 128 Å². The number of carbonyl (C=O) groups excluding carboxylic acids is 4. The van der Waals surface area contributed by atoms with Crippen molar-refractivity contribution in [2.24, 2.45) is 17.8 Å². The van der Waals surface area contributed by atoms with Crippen molar-refractivity contribution in [2.75, 3.05) is 0 Å². The third kappa shape index (κ3) is 30.2. The molecule has 2 saturated heterocycles. The molecule has 2 aliphatic rings. The molecule has 2 fully saturated rings. The predicted molar refractivity (Wildman–Crippen MR) is 264 cm³/mol.